The molecule has 0 unspecified atom stereocenters. The first-order valence-corrected chi connectivity index (χ1v) is 11.1. The van der Waals surface area contributed by atoms with Crippen molar-refractivity contribution in [1.82, 2.24) is 4.90 Å². The quantitative estimate of drug-likeness (QED) is 0.861. The molecule has 1 aromatic rings. The van der Waals surface area contributed by atoms with Crippen LogP contribution in [0.1, 0.15) is 30.6 Å². The Hall–Kier alpha value is -1.54. The molecule has 136 valence electrons. The summed E-state index contributed by atoms with van der Waals surface area (Å²) in [5, 5.41) is 2.79. The van der Waals surface area contributed by atoms with Gasteiger partial charge >= 0.3 is 0 Å². The van der Waals surface area contributed by atoms with E-state index < -0.39 is 9.84 Å². The topological polar surface area (TPSA) is 83.6 Å². The molecule has 25 heavy (non-hydrogen) atoms. The summed E-state index contributed by atoms with van der Waals surface area (Å²) in [4.78, 5) is 27.3. The maximum absolute atomic E-state index is 13.1. The number of hydrogen-bond donors (Lipinski definition) is 1. The first-order chi connectivity index (χ1) is 11.7. The fourth-order valence-electron chi connectivity index (χ4n) is 3.19. The number of benzene rings is 1. The minimum atomic E-state index is -3.07. The van der Waals surface area contributed by atoms with Gasteiger partial charge in [-0.3, -0.25) is 9.59 Å². The number of amides is 2. The molecule has 0 spiro atoms. The van der Waals surface area contributed by atoms with Gasteiger partial charge in [-0.2, -0.15) is 0 Å². The van der Waals surface area contributed by atoms with Crippen LogP contribution in [0.3, 0.4) is 0 Å². The van der Waals surface area contributed by atoms with Crippen molar-refractivity contribution in [2.45, 2.75) is 31.2 Å². The lowest BCUT2D eigenvalue weighted by molar-refractivity contribution is -0.113. The third-order valence-electron chi connectivity index (χ3n) is 4.33. The highest BCUT2D eigenvalue weighted by Crippen LogP contribution is 2.32. The normalized spacial score (nSPS) is 21.7. The second-order valence-electron chi connectivity index (χ2n) is 6.96. The summed E-state index contributed by atoms with van der Waals surface area (Å²) < 4.78 is 23.7. The summed E-state index contributed by atoms with van der Waals surface area (Å²) in [6, 6.07) is 5.01. The lowest BCUT2D eigenvalue weighted by Gasteiger charge is -2.30. The van der Waals surface area contributed by atoms with E-state index in [1.807, 2.05) is 19.9 Å². The summed E-state index contributed by atoms with van der Waals surface area (Å²) in [6.45, 7) is 4.53. The number of hydrogen-bond acceptors (Lipinski definition) is 5. The molecule has 3 rings (SSSR count). The minimum absolute atomic E-state index is 0.0307. The molecule has 1 N–H and O–H groups in total. The Morgan fingerprint density at radius 1 is 1.40 bits per heavy atom. The molecule has 0 aromatic heterocycles. The number of carbonyl (C=O) groups is 2. The monoisotopic (exact) mass is 382 g/mol. The average Bonchev–Trinajstić information content (AvgIpc) is 2.90. The number of nitrogens with zero attached hydrogens (tertiary/aromatic N) is 1. The number of nitrogens with one attached hydrogen (secondary N) is 1. The third-order valence-corrected chi connectivity index (χ3v) is 7.16. The van der Waals surface area contributed by atoms with Crippen molar-refractivity contribution in [2.75, 3.05) is 29.1 Å². The molecule has 2 aliphatic heterocycles. The molecule has 2 aliphatic rings. The SMILES string of the molecule is CC(C)CN(C(=O)c1ccc2c(c1)NC(=O)CS2)[C@H]1CCS(=O)(=O)C1. The van der Waals surface area contributed by atoms with Crippen molar-refractivity contribution in [2.24, 2.45) is 5.92 Å². The third kappa shape index (κ3) is 4.17. The smallest absolute Gasteiger partial charge is 0.254 e. The minimum Gasteiger partial charge on any atom is -0.334 e. The maximum Gasteiger partial charge on any atom is 0.254 e. The number of thioether (sulfide) groups is 1. The molecule has 0 bridgehead atoms. The molecule has 0 saturated carbocycles. The summed E-state index contributed by atoms with van der Waals surface area (Å²) in [6.07, 6.45) is 0.484. The Kier molecular flexibility index (Phi) is 5.11. The van der Waals surface area contributed by atoms with Crippen molar-refractivity contribution < 1.29 is 18.0 Å². The van der Waals surface area contributed by atoms with Crippen molar-refractivity contribution in [1.29, 1.82) is 0 Å². The predicted octanol–water partition coefficient (Wildman–Crippen LogP) is 2.02. The fourth-order valence-corrected chi connectivity index (χ4v) is 5.71. The van der Waals surface area contributed by atoms with Crippen LogP contribution in [0, 0.1) is 5.92 Å². The Bertz CT molecular complexity index is 805. The fraction of sp³-hybridized carbons (Fsp3) is 0.529. The molecule has 0 aliphatic carbocycles. The van der Waals surface area contributed by atoms with E-state index in [1.54, 1.807) is 17.0 Å². The molecule has 6 nitrogen and oxygen atoms in total. The van der Waals surface area contributed by atoms with Crippen LogP contribution >= 0.6 is 11.8 Å². The van der Waals surface area contributed by atoms with Crippen LogP contribution in [-0.4, -0.2) is 55.0 Å². The van der Waals surface area contributed by atoms with Crippen LogP contribution in [-0.2, 0) is 14.6 Å². The molecular formula is C17H22N2O4S2. The molecule has 0 radical (unpaired) electrons. The number of anilines is 1. The van der Waals surface area contributed by atoms with Gasteiger partial charge < -0.3 is 10.2 Å². The van der Waals surface area contributed by atoms with Crippen molar-refractivity contribution in [3.63, 3.8) is 0 Å². The zero-order valence-electron chi connectivity index (χ0n) is 14.3. The summed E-state index contributed by atoms with van der Waals surface area (Å²) in [5.41, 5.74) is 1.13. The van der Waals surface area contributed by atoms with E-state index in [0.29, 0.717) is 30.0 Å². The Labute approximate surface area is 152 Å². The molecule has 2 heterocycles. The van der Waals surface area contributed by atoms with E-state index in [1.165, 1.54) is 11.8 Å². The van der Waals surface area contributed by atoms with Gasteiger partial charge in [0.2, 0.25) is 5.91 Å². The van der Waals surface area contributed by atoms with Gasteiger partial charge in [0.15, 0.2) is 9.84 Å². The Morgan fingerprint density at radius 2 is 2.16 bits per heavy atom. The van der Waals surface area contributed by atoms with Gasteiger partial charge in [-0.25, -0.2) is 8.42 Å². The van der Waals surface area contributed by atoms with Crippen LogP contribution in [0.2, 0.25) is 0 Å². The van der Waals surface area contributed by atoms with Crippen LogP contribution in [0.15, 0.2) is 23.1 Å². The van der Waals surface area contributed by atoms with Crippen LogP contribution in [0.25, 0.3) is 0 Å². The van der Waals surface area contributed by atoms with Crippen LogP contribution < -0.4 is 5.32 Å². The summed E-state index contributed by atoms with van der Waals surface area (Å²) in [5.74, 6) is 0.519. The molecule has 1 fully saturated rings. The van der Waals surface area contributed by atoms with Gasteiger partial charge in [-0.05, 0) is 30.5 Å². The molecular weight excluding hydrogens is 360 g/mol. The van der Waals surface area contributed by atoms with Gasteiger partial charge in [-0.15, -0.1) is 11.8 Å². The largest absolute Gasteiger partial charge is 0.334 e. The first kappa shape index (κ1) is 18.3. The summed E-state index contributed by atoms with van der Waals surface area (Å²) >= 11 is 1.45. The van der Waals surface area contributed by atoms with Gasteiger partial charge in [0.25, 0.3) is 5.91 Å². The van der Waals surface area contributed by atoms with Crippen molar-refractivity contribution >= 4 is 39.1 Å². The summed E-state index contributed by atoms with van der Waals surface area (Å²) in [7, 11) is -3.07. The van der Waals surface area contributed by atoms with Crippen LogP contribution in [0.4, 0.5) is 5.69 Å². The lowest BCUT2D eigenvalue weighted by Crippen LogP contribution is -2.43. The highest BCUT2D eigenvalue weighted by molar-refractivity contribution is 8.00. The molecule has 8 heteroatoms. The molecule has 1 saturated heterocycles. The second-order valence-corrected chi connectivity index (χ2v) is 10.2. The molecule has 1 atom stereocenters. The van der Waals surface area contributed by atoms with E-state index in [9.17, 15) is 18.0 Å². The molecule has 1 aromatic carbocycles. The predicted molar refractivity (Wildman–Crippen MR) is 98.7 cm³/mol. The van der Waals surface area contributed by atoms with E-state index in [0.717, 1.165) is 4.90 Å². The standard InChI is InChI=1S/C17H22N2O4S2/c1-11(2)8-19(13-5-6-25(22,23)10-13)17(21)12-3-4-15-14(7-12)18-16(20)9-24-15/h3-4,7,11,13H,5-6,8-10H2,1-2H3,(H,18,20)/t13-/m0/s1. The first-order valence-electron chi connectivity index (χ1n) is 8.33. The van der Waals surface area contributed by atoms with Crippen molar-refractivity contribution in [3.05, 3.63) is 23.8 Å². The zero-order valence-corrected chi connectivity index (χ0v) is 16.0. The average molecular weight is 383 g/mol. The number of rotatable bonds is 4. The van der Waals surface area contributed by atoms with Gasteiger partial charge in [-0.1, -0.05) is 13.8 Å². The van der Waals surface area contributed by atoms with E-state index in [-0.39, 0.29) is 35.3 Å². The van der Waals surface area contributed by atoms with Crippen molar-refractivity contribution in [3.8, 4) is 0 Å². The van der Waals surface area contributed by atoms with E-state index in [4.69, 9.17) is 0 Å². The Balaban J connectivity index is 1.87. The number of sulfone groups is 1. The lowest BCUT2D eigenvalue weighted by atomic mass is 10.1. The van der Waals surface area contributed by atoms with E-state index in [2.05, 4.69) is 5.32 Å². The Morgan fingerprint density at radius 3 is 2.80 bits per heavy atom. The van der Waals surface area contributed by atoms with Crippen LogP contribution in [0.5, 0.6) is 0 Å². The van der Waals surface area contributed by atoms with E-state index >= 15 is 0 Å². The second kappa shape index (κ2) is 6.99. The highest BCUT2D eigenvalue weighted by Gasteiger charge is 2.35. The highest BCUT2D eigenvalue weighted by atomic mass is 32.2. The maximum atomic E-state index is 13.1. The molecule has 2 amide bonds. The van der Waals surface area contributed by atoms with Gasteiger partial charge in [0.05, 0.1) is 22.9 Å². The number of carbonyl (C=O) groups excluding carboxylic acids is 2. The number of fused-ring (bicyclic) bond motifs is 1. The zero-order chi connectivity index (χ0) is 18.2. The van der Waals surface area contributed by atoms with Gasteiger partial charge in [0, 0.05) is 23.0 Å². The van der Waals surface area contributed by atoms with Gasteiger partial charge in [0.1, 0.15) is 0 Å².